The number of nitrogens with zero attached hydrogens (tertiary/aromatic N) is 2. The van der Waals surface area contributed by atoms with E-state index in [0.717, 1.165) is 57.5 Å². The molecule has 1 aliphatic rings. The summed E-state index contributed by atoms with van der Waals surface area (Å²) in [6, 6.07) is 3.29. The van der Waals surface area contributed by atoms with Gasteiger partial charge in [0.05, 0.1) is 30.8 Å². The minimum Gasteiger partial charge on any atom is -0.490 e. The van der Waals surface area contributed by atoms with Crippen LogP contribution in [-0.2, 0) is 4.74 Å². The average molecular weight is 284 g/mol. The molecular weight excluding hydrogens is 267 g/mol. The number of hydrogen-bond donors (Lipinski definition) is 0. The SMILES string of the molecule is O=[N+]([O-])c1ccc(F)c(OCCCN2CCOCC2)c1. The molecule has 7 heteroatoms. The van der Waals surface area contributed by atoms with E-state index in [1.54, 1.807) is 0 Å². The van der Waals surface area contributed by atoms with Gasteiger partial charge in [0.2, 0.25) is 0 Å². The van der Waals surface area contributed by atoms with Crippen LogP contribution in [0.25, 0.3) is 0 Å². The number of halogens is 1. The Bertz CT molecular complexity index is 464. The van der Waals surface area contributed by atoms with Crippen molar-refractivity contribution in [2.75, 3.05) is 39.5 Å². The van der Waals surface area contributed by atoms with Gasteiger partial charge < -0.3 is 9.47 Å². The van der Waals surface area contributed by atoms with Crippen LogP contribution in [0.1, 0.15) is 6.42 Å². The van der Waals surface area contributed by atoms with E-state index in [-0.39, 0.29) is 11.4 Å². The fourth-order valence-electron chi connectivity index (χ4n) is 2.01. The van der Waals surface area contributed by atoms with Crippen LogP contribution in [0, 0.1) is 15.9 Å². The molecule has 0 aliphatic carbocycles. The Labute approximate surface area is 116 Å². The summed E-state index contributed by atoms with van der Waals surface area (Å²) >= 11 is 0. The van der Waals surface area contributed by atoms with Crippen LogP contribution in [0.2, 0.25) is 0 Å². The minimum atomic E-state index is -0.582. The molecule has 1 saturated heterocycles. The Morgan fingerprint density at radius 1 is 1.40 bits per heavy atom. The molecule has 1 heterocycles. The second-order valence-corrected chi connectivity index (χ2v) is 4.53. The third-order valence-corrected chi connectivity index (χ3v) is 3.11. The molecule has 0 N–H and O–H groups in total. The van der Waals surface area contributed by atoms with Crippen LogP contribution in [0.4, 0.5) is 10.1 Å². The van der Waals surface area contributed by atoms with Gasteiger partial charge in [0.1, 0.15) is 0 Å². The summed E-state index contributed by atoms with van der Waals surface area (Å²) < 4.78 is 24.0. The number of benzene rings is 1. The van der Waals surface area contributed by atoms with Gasteiger partial charge in [-0.3, -0.25) is 15.0 Å². The highest BCUT2D eigenvalue weighted by Gasteiger charge is 2.13. The third kappa shape index (κ3) is 4.14. The molecule has 110 valence electrons. The van der Waals surface area contributed by atoms with Gasteiger partial charge in [-0.15, -0.1) is 0 Å². The fourth-order valence-corrected chi connectivity index (χ4v) is 2.01. The number of ether oxygens (including phenoxy) is 2. The Morgan fingerprint density at radius 2 is 2.15 bits per heavy atom. The molecule has 1 aromatic rings. The van der Waals surface area contributed by atoms with Gasteiger partial charge >= 0.3 is 0 Å². The Kier molecular flexibility index (Phi) is 5.25. The van der Waals surface area contributed by atoms with Crippen molar-refractivity contribution in [1.82, 2.24) is 4.90 Å². The maximum Gasteiger partial charge on any atom is 0.273 e. The molecule has 6 nitrogen and oxygen atoms in total. The number of rotatable bonds is 6. The summed E-state index contributed by atoms with van der Waals surface area (Å²) in [5.41, 5.74) is -0.172. The van der Waals surface area contributed by atoms with E-state index in [0.29, 0.717) is 6.61 Å². The highest BCUT2D eigenvalue weighted by Crippen LogP contribution is 2.23. The highest BCUT2D eigenvalue weighted by atomic mass is 19.1. The zero-order valence-electron chi connectivity index (χ0n) is 11.1. The number of nitro benzene ring substituents is 1. The molecule has 0 saturated carbocycles. The van der Waals surface area contributed by atoms with Gasteiger partial charge in [0.15, 0.2) is 11.6 Å². The van der Waals surface area contributed by atoms with Crippen molar-refractivity contribution in [2.24, 2.45) is 0 Å². The largest absolute Gasteiger partial charge is 0.490 e. The summed E-state index contributed by atoms with van der Waals surface area (Å²) in [6.45, 7) is 4.44. The minimum absolute atomic E-state index is 0.0684. The lowest BCUT2D eigenvalue weighted by Crippen LogP contribution is -2.37. The highest BCUT2D eigenvalue weighted by molar-refractivity contribution is 5.39. The molecule has 2 rings (SSSR count). The molecule has 1 fully saturated rings. The Balaban J connectivity index is 1.78. The van der Waals surface area contributed by atoms with Gasteiger partial charge in [0, 0.05) is 25.7 Å². The van der Waals surface area contributed by atoms with Crippen LogP contribution in [-0.4, -0.2) is 49.3 Å². The van der Waals surface area contributed by atoms with Crippen molar-refractivity contribution >= 4 is 5.69 Å². The lowest BCUT2D eigenvalue weighted by Gasteiger charge is -2.26. The van der Waals surface area contributed by atoms with Gasteiger partial charge in [-0.2, -0.15) is 0 Å². The second-order valence-electron chi connectivity index (χ2n) is 4.53. The smallest absolute Gasteiger partial charge is 0.273 e. The molecule has 0 amide bonds. The summed E-state index contributed by atoms with van der Waals surface area (Å²) in [5, 5.41) is 10.6. The molecule has 1 aliphatic heterocycles. The van der Waals surface area contributed by atoms with Crippen LogP contribution in [0.3, 0.4) is 0 Å². The fraction of sp³-hybridized carbons (Fsp3) is 0.538. The zero-order chi connectivity index (χ0) is 14.4. The first-order valence-corrected chi connectivity index (χ1v) is 6.53. The molecule has 0 atom stereocenters. The van der Waals surface area contributed by atoms with Gasteiger partial charge in [-0.25, -0.2) is 4.39 Å². The van der Waals surface area contributed by atoms with Crippen molar-refractivity contribution in [2.45, 2.75) is 6.42 Å². The number of morpholine rings is 1. The Hall–Kier alpha value is -1.73. The quantitative estimate of drug-likeness (QED) is 0.453. The lowest BCUT2D eigenvalue weighted by atomic mass is 10.3. The maximum absolute atomic E-state index is 13.4. The van der Waals surface area contributed by atoms with Crippen LogP contribution in [0.5, 0.6) is 5.75 Å². The molecule has 0 aromatic heterocycles. The van der Waals surface area contributed by atoms with Crippen LogP contribution < -0.4 is 4.74 Å². The average Bonchev–Trinajstić information content (AvgIpc) is 2.46. The molecule has 1 aromatic carbocycles. The van der Waals surface area contributed by atoms with E-state index in [1.807, 2.05) is 0 Å². The number of nitro groups is 1. The normalized spacial score (nSPS) is 16.1. The van der Waals surface area contributed by atoms with E-state index in [1.165, 1.54) is 0 Å². The van der Waals surface area contributed by atoms with E-state index in [2.05, 4.69) is 4.90 Å². The lowest BCUT2D eigenvalue weighted by molar-refractivity contribution is -0.385. The van der Waals surface area contributed by atoms with Crippen molar-refractivity contribution in [3.8, 4) is 5.75 Å². The standard InChI is InChI=1S/C13H17FN2O4/c14-12-3-2-11(16(17)18)10-13(12)20-7-1-4-15-5-8-19-9-6-15/h2-3,10H,1,4-9H2. The second kappa shape index (κ2) is 7.16. The Morgan fingerprint density at radius 3 is 2.85 bits per heavy atom. The topological polar surface area (TPSA) is 64.8 Å². The molecule has 0 spiro atoms. The van der Waals surface area contributed by atoms with Gasteiger partial charge in [-0.05, 0) is 12.5 Å². The van der Waals surface area contributed by atoms with Crippen LogP contribution >= 0.6 is 0 Å². The number of non-ortho nitro benzene ring substituents is 1. The van der Waals surface area contributed by atoms with Crippen molar-refractivity contribution in [3.63, 3.8) is 0 Å². The first-order valence-electron chi connectivity index (χ1n) is 6.53. The molecular formula is C13H17FN2O4. The van der Waals surface area contributed by atoms with E-state index in [9.17, 15) is 14.5 Å². The summed E-state index contributed by atoms with van der Waals surface area (Å²) in [4.78, 5) is 12.3. The van der Waals surface area contributed by atoms with Gasteiger partial charge in [0.25, 0.3) is 5.69 Å². The summed E-state index contributed by atoms with van der Waals surface area (Å²) in [5.74, 6) is -0.650. The zero-order valence-corrected chi connectivity index (χ0v) is 11.1. The van der Waals surface area contributed by atoms with Crippen LogP contribution in [0.15, 0.2) is 18.2 Å². The molecule has 0 radical (unpaired) electrons. The molecule has 0 unspecified atom stereocenters. The van der Waals surface area contributed by atoms with E-state index >= 15 is 0 Å². The predicted molar refractivity (Wildman–Crippen MR) is 70.4 cm³/mol. The first-order chi connectivity index (χ1) is 9.66. The van der Waals surface area contributed by atoms with E-state index < -0.39 is 10.7 Å². The molecule has 0 bridgehead atoms. The monoisotopic (exact) mass is 284 g/mol. The predicted octanol–water partition coefficient (Wildman–Crippen LogP) is 1.83. The number of hydrogen-bond acceptors (Lipinski definition) is 5. The van der Waals surface area contributed by atoms with Crippen molar-refractivity contribution in [3.05, 3.63) is 34.1 Å². The molecule has 20 heavy (non-hydrogen) atoms. The van der Waals surface area contributed by atoms with Crippen molar-refractivity contribution in [1.29, 1.82) is 0 Å². The summed E-state index contributed by atoms with van der Waals surface area (Å²) in [7, 11) is 0. The maximum atomic E-state index is 13.4. The summed E-state index contributed by atoms with van der Waals surface area (Å²) in [6.07, 6.45) is 0.738. The van der Waals surface area contributed by atoms with Gasteiger partial charge in [-0.1, -0.05) is 0 Å². The first kappa shape index (κ1) is 14.7. The van der Waals surface area contributed by atoms with E-state index in [4.69, 9.17) is 9.47 Å². The van der Waals surface area contributed by atoms with Crippen molar-refractivity contribution < 1.29 is 18.8 Å². The third-order valence-electron chi connectivity index (χ3n) is 3.11.